The van der Waals surface area contributed by atoms with Crippen LogP contribution in [0.1, 0.15) is 16.8 Å². The Labute approximate surface area is 80.8 Å². The van der Waals surface area contributed by atoms with Gasteiger partial charge in [0.1, 0.15) is 11.6 Å². The van der Waals surface area contributed by atoms with Gasteiger partial charge in [0.25, 0.3) is 5.56 Å². The molecule has 1 aromatic heterocycles. The summed E-state index contributed by atoms with van der Waals surface area (Å²) in [5.41, 5.74) is 1.52. The Hall–Kier alpha value is -1.21. The highest BCUT2D eigenvalue weighted by Crippen LogP contribution is 2.22. The van der Waals surface area contributed by atoms with Gasteiger partial charge in [-0.3, -0.25) is 4.79 Å². The molecule has 68 valence electrons. The van der Waals surface area contributed by atoms with Crippen LogP contribution in [0.25, 0.3) is 0 Å². The predicted molar refractivity (Wildman–Crippen MR) is 53.0 cm³/mol. The lowest BCUT2D eigenvalue weighted by atomic mass is 10.1. The minimum absolute atomic E-state index is 0.218. The van der Waals surface area contributed by atoms with Crippen LogP contribution in [0.15, 0.2) is 9.69 Å². The maximum atomic E-state index is 11.3. The van der Waals surface area contributed by atoms with E-state index in [1.807, 2.05) is 19.2 Å². The summed E-state index contributed by atoms with van der Waals surface area (Å²) in [7, 11) is 0. The maximum Gasteiger partial charge on any atom is 0.266 e. The molecule has 0 fully saturated rings. The minimum Gasteiger partial charge on any atom is -0.324 e. The Kier molecular flexibility index (Phi) is 2.79. The van der Waals surface area contributed by atoms with E-state index in [1.54, 1.807) is 6.92 Å². The van der Waals surface area contributed by atoms with E-state index < -0.39 is 0 Å². The summed E-state index contributed by atoms with van der Waals surface area (Å²) in [5.74, 6) is 0. The summed E-state index contributed by atoms with van der Waals surface area (Å²) >= 11 is 1.54. The molecular formula is C9H10N2OS. The molecule has 0 aromatic carbocycles. The van der Waals surface area contributed by atoms with Gasteiger partial charge in [0, 0.05) is 10.6 Å². The number of pyridine rings is 1. The molecule has 0 aliphatic heterocycles. The van der Waals surface area contributed by atoms with Gasteiger partial charge in [-0.2, -0.15) is 5.26 Å². The van der Waals surface area contributed by atoms with Crippen molar-refractivity contribution in [2.24, 2.45) is 0 Å². The molecule has 0 atom stereocenters. The topological polar surface area (TPSA) is 56.6 Å². The summed E-state index contributed by atoms with van der Waals surface area (Å²) < 4.78 is 0. The van der Waals surface area contributed by atoms with Crippen molar-refractivity contribution in [1.29, 1.82) is 5.26 Å². The van der Waals surface area contributed by atoms with Crippen LogP contribution in [0.2, 0.25) is 0 Å². The lowest BCUT2D eigenvalue weighted by Crippen LogP contribution is -2.14. The van der Waals surface area contributed by atoms with E-state index in [0.717, 1.165) is 16.2 Å². The first-order chi connectivity index (χ1) is 6.11. The number of hydrogen-bond acceptors (Lipinski definition) is 3. The van der Waals surface area contributed by atoms with Gasteiger partial charge in [0.05, 0.1) is 0 Å². The molecule has 1 N–H and O–H groups in total. The highest BCUT2D eigenvalue weighted by Gasteiger charge is 2.10. The van der Waals surface area contributed by atoms with Crippen LogP contribution in [0, 0.1) is 25.2 Å². The molecule has 0 amide bonds. The SMILES string of the molecule is CSc1c(C)[nH]c(=O)c(C#N)c1C. The largest absolute Gasteiger partial charge is 0.324 e. The van der Waals surface area contributed by atoms with Gasteiger partial charge in [-0.05, 0) is 25.7 Å². The van der Waals surface area contributed by atoms with Crippen LogP contribution in [-0.2, 0) is 0 Å². The highest BCUT2D eigenvalue weighted by atomic mass is 32.2. The van der Waals surface area contributed by atoms with Crippen LogP contribution >= 0.6 is 11.8 Å². The van der Waals surface area contributed by atoms with Crippen molar-refractivity contribution < 1.29 is 0 Å². The van der Waals surface area contributed by atoms with E-state index in [-0.39, 0.29) is 11.1 Å². The Bertz CT molecular complexity index is 428. The zero-order chi connectivity index (χ0) is 10.0. The number of thioether (sulfide) groups is 1. The Morgan fingerprint density at radius 2 is 2.08 bits per heavy atom. The average molecular weight is 194 g/mol. The number of aromatic amines is 1. The minimum atomic E-state index is -0.296. The van der Waals surface area contributed by atoms with Gasteiger partial charge in [-0.1, -0.05) is 0 Å². The first-order valence-corrected chi connectivity index (χ1v) is 5.01. The van der Waals surface area contributed by atoms with Crippen LogP contribution in [0.5, 0.6) is 0 Å². The van der Waals surface area contributed by atoms with Crippen molar-refractivity contribution >= 4 is 11.8 Å². The van der Waals surface area contributed by atoms with Gasteiger partial charge in [0.15, 0.2) is 0 Å². The summed E-state index contributed by atoms with van der Waals surface area (Å²) in [6.45, 7) is 3.63. The number of aryl methyl sites for hydroxylation is 1. The second kappa shape index (κ2) is 3.67. The number of H-pyrrole nitrogens is 1. The first-order valence-electron chi connectivity index (χ1n) is 3.79. The first kappa shape index (κ1) is 9.87. The number of aromatic nitrogens is 1. The van der Waals surface area contributed by atoms with Crippen molar-refractivity contribution in [2.45, 2.75) is 18.7 Å². The van der Waals surface area contributed by atoms with Gasteiger partial charge in [0.2, 0.25) is 0 Å². The molecule has 0 aliphatic rings. The third-order valence-electron chi connectivity index (χ3n) is 1.90. The quantitative estimate of drug-likeness (QED) is 0.690. The molecule has 0 unspecified atom stereocenters. The second-order valence-electron chi connectivity index (χ2n) is 2.72. The monoisotopic (exact) mass is 194 g/mol. The van der Waals surface area contributed by atoms with Gasteiger partial charge >= 0.3 is 0 Å². The van der Waals surface area contributed by atoms with Crippen LogP contribution in [0.3, 0.4) is 0 Å². The summed E-state index contributed by atoms with van der Waals surface area (Å²) in [6.07, 6.45) is 1.93. The molecule has 1 heterocycles. The molecule has 0 aliphatic carbocycles. The average Bonchev–Trinajstić information content (AvgIpc) is 2.04. The van der Waals surface area contributed by atoms with E-state index >= 15 is 0 Å². The molecular weight excluding hydrogens is 184 g/mol. The second-order valence-corrected chi connectivity index (χ2v) is 3.54. The molecule has 3 nitrogen and oxygen atoms in total. The van der Waals surface area contributed by atoms with E-state index in [4.69, 9.17) is 5.26 Å². The Morgan fingerprint density at radius 3 is 2.54 bits per heavy atom. The molecule has 1 aromatic rings. The highest BCUT2D eigenvalue weighted by molar-refractivity contribution is 7.98. The number of nitrogens with one attached hydrogen (secondary N) is 1. The molecule has 0 radical (unpaired) electrons. The molecule has 0 saturated heterocycles. The third kappa shape index (κ3) is 1.61. The van der Waals surface area contributed by atoms with Crippen molar-refractivity contribution in [2.75, 3.05) is 6.26 Å². The van der Waals surface area contributed by atoms with Crippen molar-refractivity contribution in [1.82, 2.24) is 4.98 Å². The summed E-state index contributed by atoms with van der Waals surface area (Å²) in [5, 5.41) is 8.73. The van der Waals surface area contributed by atoms with E-state index in [1.165, 1.54) is 11.8 Å². The van der Waals surface area contributed by atoms with Crippen LogP contribution in [-0.4, -0.2) is 11.2 Å². The zero-order valence-corrected chi connectivity index (χ0v) is 8.58. The fraction of sp³-hybridized carbons (Fsp3) is 0.333. The normalized spacial score (nSPS) is 9.69. The molecule has 4 heteroatoms. The number of rotatable bonds is 1. The van der Waals surface area contributed by atoms with Crippen LogP contribution < -0.4 is 5.56 Å². The Morgan fingerprint density at radius 1 is 1.46 bits per heavy atom. The fourth-order valence-electron chi connectivity index (χ4n) is 1.30. The predicted octanol–water partition coefficient (Wildman–Crippen LogP) is 1.59. The number of nitriles is 1. The molecule has 1 rings (SSSR count). The standard InChI is InChI=1S/C9H10N2OS/c1-5-7(4-10)9(12)11-6(2)8(5)13-3/h1-3H3,(H,11,12). The van der Waals surface area contributed by atoms with Gasteiger partial charge in [-0.15, -0.1) is 11.8 Å². The van der Waals surface area contributed by atoms with E-state index in [2.05, 4.69) is 4.98 Å². The number of hydrogen-bond donors (Lipinski definition) is 1. The van der Waals surface area contributed by atoms with Gasteiger partial charge in [-0.25, -0.2) is 0 Å². The van der Waals surface area contributed by atoms with Crippen molar-refractivity contribution in [3.63, 3.8) is 0 Å². The molecule has 0 bridgehead atoms. The fourth-order valence-corrected chi connectivity index (χ4v) is 2.06. The van der Waals surface area contributed by atoms with Gasteiger partial charge < -0.3 is 4.98 Å². The lowest BCUT2D eigenvalue weighted by molar-refractivity contribution is 1.03. The smallest absolute Gasteiger partial charge is 0.266 e. The number of nitrogens with zero attached hydrogens (tertiary/aromatic N) is 1. The summed E-state index contributed by atoms with van der Waals surface area (Å²) in [4.78, 5) is 14.9. The molecule has 13 heavy (non-hydrogen) atoms. The molecule has 0 spiro atoms. The van der Waals surface area contributed by atoms with Crippen molar-refractivity contribution in [3.05, 3.63) is 27.2 Å². The third-order valence-corrected chi connectivity index (χ3v) is 2.92. The summed E-state index contributed by atoms with van der Waals surface area (Å²) in [6, 6.07) is 1.91. The van der Waals surface area contributed by atoms with Crippen molar-refractivity contribution in [3.8, 4) is 6.07 Å². The van der Waals surface area contributed by atoms with Crippen LogP contribution in [0.4, 0.5) is 0 Å². The Balaban J connectivity index is 3.60. The van der Waals surface area contributed by atoms with E-state index in [0.29, 0.717) is 0 Å². The maximum absolute atomic E-state index is 11.3. The zero-order valence-electron chi connectivity index (χ0n) is 7.76. The van der Waals surface area contributed by atoms with E-state index in [9.17, 15) is 4.79 Å². The lowest BCUT2D eigenvalue weighted by Gasteiger charge is -2.06. The molecule has 0 saturated carbocycles.